The molecule has 1 aliphatic rings. The van der Waals surface area contributed by atoms with E-state index in [0.717, 1.165) is 17.0 Å². The molecule has 1 fully saturated rings. The molecule has 0 radical (unpaired) electrons. The van der Waals surface area contributed by atoms with E-state index in [4.69, 9.17) is 11.6 Å². The molecule has 5 nitrogen and oxygen atoms in total. The average Bonchev–Trinajstić information content (AvgIpc) is 3.08. The number of carbonyl (C=O) groups excluding carboxylic acids is 1. The van der Waals surface area contributed by atoms with Crippen molar-refractivity contribution in [2.75, 3.05) is 11.4 Å². The second kappa shape index (κ2) is 6.00. The molecule has 1 aromatic carbocycles. The molecule has 2 heterocycles. The first-order valence-corrected chi connectivity index (χ1v) is 9.29. The van der Waals surface area contributed by atoms with Crippen LogP contribution in [0, 0.1) is 0 Å². The highest BCUT2D eigenvalue weighted by molar-refractivity contribution is 7.91. The van der Waals surface area contributed by atoms with Crippen molar-refractivity contribution in [2.24, 2.45) is 0 Å². The number of hydrogen-bond donors (Lipinski definition) is 1. The van der Waals surface area contributed by atoms with Crippen molar-refractivity contribution in [3.63, 3.8) is 0 Å². The molecule has 0 bridgehead atoms. The summed E-state index contributed by atoms with van der Waals surface area (Å²) in [5.74, 6) is -0.238. The van der Waals surface area contributed by atoms with Crippen molar-refractivity contribution in [1.29, 1.82) is 0 Å². The number of benzene rings is 1. The van der Waals surface area contributed by atoms with Crippen LogP contribution in [0.2, 0.25) is 4.34 Å². The Hall–Kier alpha value is -1.41. The standard InChI is InChI=1S/C14H13ClN2O3S2/c15-12-6-7-13(21-12)22(19,20)16-11-8-9-17(14(11)18)10-4-2-1-3-5-10/h1-7,11,16H,8-9H2/t11-/m1/s1. The van der Waals surface area contributed by atoms with Gasteiger partial charge < -0.3 is 4.90 Å². The number of halogens is 1. The summed E-state index contributed by atoms with van der Waals surface area (Å²) in [5.41, 5.74) is 0.772. The molecular formula is C14H13ClN2O3S2. The number of rotatable bonds is 4. The fourth-order valence-corrected chi connectivity index (χ4v) is 5.06. The lowest BCUT2D eigenvalue weighted by atomic mass is 10.3. The summed E-state index contributed by atoms with van der Waals surface area (Å²) in [5, 5.41) is 0. The van der Waals surface area contributed by atoms with Gasteiger partial charge in [-0.1, -0.05) is 29.8 Å². The van der Waals surface area contributed by atoms with Crippen LogP contribution in [-0.2, 0) is 14.8 Å². The van der Waals surface area contributed by atoms with E-state index in [9.17, 15) is 13.2 Å². The van der Waals surface area contributed by atoms with Crippen LogP contribution in [0.4, 0.5) is 5.69 Å². The van der Waals surface area contributed by atoms with Gasteiger partial charge in [-0.25, -0.2) is 8.42 Å². The Labute approximate surface area is 137 Å². The minimum Gasteiger partial charge on any atom is -0.311 e. The van der Waals surface area contributed by atoms with Crippen molar-refractivity contribution in [1.82, 2.24) is 4.72 Å². The van der Waals surface area contributed by atoms with E-state index in [1.807, 2.05) is 30.3 Å². The van der Waals surface area contributed by atoms with Gasteiger partial charge in [0.05, 0.1) is 4.34 Å². The van der Waals surface area contributed by atoms with Gasteiger partial charge in [-0.05, 0) is 30.7 Å². The van der Waals surface area contributed by atoms with Crippen LogP contribution in [0.25, 0.3) is 0 Å². The molecule has 1 amide bonds. The van der Waals surface area contributed by atoms with Crippen molar-refractivity contribution in [2.45, 2.75) is 16.7 Å². The molecule has 22 heavy (non-hydrogen) atoms. The van der Waals surface area contributed by atoms with Gasteiger partial charge in [-0.15, -0.1) is 11.3 Å². The Kier molecular flexibility index (Phi) is 4.22. The first kappa shape index (κ1) is 15.5. The number of hydrogen-bond acceptors (Lipinski definition) is 4. The Morgan fingerprint density at radius 1 is 1.18 bits per heavy atom. The first-order chi connectivity index (χ1) is 10.5. The minimum absolute atomic E-state index is 0.114. The maximum Gasteiger partial charge on any atom is 0.250 e. The van der Waals surface area contributed by atoms with Crippen LogP contribution in [0.15, 0.2) is 46.7 Å². The highest BCUT2D eigenvalue weighted by atomic mass is 35.5. The fourth-order valence-electron chi connectivity index (χ4n) is 2.34. The van der Waals surface area contributed by atoms with Gasteiger partial charge in [0.1, 0.15) is 10.3 Å². The Morgan fingerprint density at radius 3 is 2.55 bits per heavy atom. The molecule has 0 unspecified atom stereocenters. The van der Waals surface area contributed by atoms with Crippen LogP contribution < -0.4 is 9.62 Å². The van der Waals surface area contributed by atoms with Crippen LogP contribution in [-0.4, -0.2) is 26.9 Å². The van der Waals surface area contributed by atoms with Gasteiger partial charge in [-0.3, -0.25) is 4.79 Å². The average molecular weight is 357 g/mol. The zero-order chi connectivity index (χ0) is 15.7. The van der Waals surface area contributed by atoms with E-state index >= 15 is 0 Å². The third-order valence-corrected chi connectivity index (χ3v) is 6.58. The van der Waals surface area contributed by atoms with Gasteiger partial charge in [0.2, 0.25) is 5.91 Å². The zero-order valence-electron chi connectivity index (χ0n) is 11.4. The fraction of sp³-hybridized carbons (Fsp3) is 0.214. The quantitative estimate of drug-likeness (QED) is 0.915. The number of nitrogens with zero attached hydrogens (tertiary/aromatic N) is 1. The van der Waals surface area contributed by atoms with E-state index < -0.39 is 16.1 Å². The monoisotopic (exact) mass is 356 g/mol. The largest absolute Gasteiger partial charge is 0.311 e. The van der Waals surface area contributed by atoms with Crippen LogP contribution in [0.5, 0.6) is 0 Å². The smallest absolute Gasteiger partial charge is 0.250 e. The van der Waals surface area contributed by atoms with Gasteiger partial charge in [-0.2, -0.15) is 4.72 Å². The second-order valence-corrected chi connectivity index (χ2v) is 8.50. The van der Waals surface area contributed by atoms with Gasteiger partial charge in [0.15, 0.2) is 0 Å². The number of thiophene rings is 1. The predicted octanol–water partition coefficient (Wildman–Crippen LogP) is 2.49. The number of carbonyl (C=O) groups is 1. The maximum atomic E-state index is 12.4. The molecule has 1 aliphatic heterocycles. The topological polar surface area (TPSA) is 66.5 Å². The highest BCUT2D eigenvalue weighted by Crippen LogP contribution is 2.27. The van der Waals surface area contributed by atoms with E-state index in [-0.39, 0.29) is 10.1 Å². The summed E-state index contributed by atoms with van der Waals surface area (Å²) in [6.07, 6.45) is 0.437. The molecule has 1 N–H and O–H groups in total. The van der Waals surface area contributed by atoms with Crippen LogP contribution in [0.1, 0.15) is 6.42 Å². The van der Waals surface area contributed by atoms with E-state index in [1.54, 1.807) is 4.90 Å². The lowest BCUT2D eigenvalue weighted by Crippen LogP contribution is -2.41. The number of nitrogens with one attached hydrogen (secondary N) is 1. The van der Waals surface area contributed by atoms with Crippen molar-refractivity contribution in [3.8, 4) is 0 Å². The van der Waals surface area contributed by atoms with Crippen molar-refractivity contribution in [3.05, 3.63) is 46.8 Å². The molecular weight excluding hydrogens is 344 g/mol. The molecule has 0 spiro atoms. The van der Waals surface area contributed by atoms with Gasteiger partial charge in [0, 0.05) is 12.2 Å². The highest BCUT2D eigenvalue weighted by Gasteiger charge is 2.35. The third kappa shape index (κ3) is 3.03. The molecule has 1 saturated heterocycles. The summed E-state index contributed by atoms with van der Waals surface area (Å²) in [4.78, 5) is 14.0. The van der Waals surface area contributed by atoms with E-state index in [0.29, 0.717) is 17.3 Å². The Bertz CT molecular complexity index is 789. The molecule has 0 saturated carbocycles. The van der Waals surface area contributed by atoms with E-state index in [1.165, 1.54) is 12.1 Å². The van der Waals surface area contributed by atoms with E-state index in [2.05, 4.69) is 4.72 Å². The maximum absolute atomic E-state index is 12.4. The molecule has 2 aromatic rings. The number of sulfonamides is 1. The number of anilines is 1. The van der Waals surface area contributed by atoms with Crippen molar-refractivity contribution >= 4 is 44.6 Å². The predicted molar refractivity (Wildman–Crippen MR) is 86.9 cm³/mol. The van der Waals surface area contributed by atoms with Crippen LogP contribution >= 0.6 is 22.9 Å². The van der Waals surface area contributed by atoms with Crippen LogP contribution in [0.3, 0.4) is 0 Å². The normalized spacial score (nSPS) is 18.9. The second-order valence-electron chi connectivity index (χ2n) is 4.85. The number of para-hydroxylation sites is 1. The molecule has 8 heteroatoms. The molecule has 0 aliphatic carbocycles. The molecule has 1 atom stereocenters. The lowest BCUT2D eigenvalue weighted by molar-refractivity contribution is -0.118. The lowest BCUT2D eigenvalue weighted by Gasteiger charge is -2.17. The summed E-state index contributed by atoms with van der Waals surface area (Å²) in [7, 11) is -3.72. The Morgan fingerprint density at radius 2 is 1.91 bits per heavy atom. The number of amides is 1. The summed E-state index contributed by atoms with van der Waals surface area (Å²) < 4.78 is 27.5. The summed E-state index contributed by atoms with van der Waals surface area (Å²) >= 11 is 6.73. The Balaban J connectivity index is 1.76. The molecule has 116 valence electrons. The molecule has 1 aromatic heterocycles. The molecule has 3 rings (SSSR count). The SMILES string of the molecule is O=C1[C@H](NS(=O)(=O)c2ccc(Cl)s2)CCN1c1ccccc1. The summed E-state index contributed by atoms with van der Waals surface area (Å²) in [6, 6.07) is 11.4. The third-order valence-electron chi connectivity index (χ3n) is 3.38. The van der Waals surface area contributed by atoms with Gasteiger partial charge in [0.25, 0.3) is 10.0 Å². The summed E-state index contributed by atoms with van der Waals surface area (Å²) in [6.45, 7) is 0.487. The first-order valence-electron chi connectivity index (χ1n) is 6.61. The van der Waals surface area contributed by atoms with Gasteiger partial charge >= 0.3 is 0 Å². The minimum atomic E-state index is -3.72. The van der Waals surface area contributed by atoms with Crippen molar-refractivity contribution < 1.29 is 13.2 Å². The zero-order valence-corrected chi connectivity index (χ0v) is 13.8.